The number of alkyl carbamates (subject to hydrolysis) is 1. The van der Waals surface area contributed by atoms with E-state index in [0.29, 0.717) is 16.3 Å². The number of halogens is 1. The van der Waals surface area contributed by atoms with Gasteiger partial charge in [-0.25, -0.2) is 4.79 Å². The molecule has 0 aromatic heterocycles. The Morgan fingerprint density at radius 3 is 2.61 bits per heavy atom. The van der Waals surface area contributed by atoms with Crippen molar-refractivity contribution < 1.29 is 14.3 Å². The minimum atomic E-state index is -0.628. The van der Waals surface area contributed by atoms with Crippen LogP contribution >= 0.6 is 11.6 Å². The summed E-state index contributed by atoms with van der Waals surface area (Å²) >= 11 is 5.90. The monoisotopic (exact) mass is 403 g/mol. The van der Waals surface area contributed by atoms with Crippen molar-refractivity contribution in [3.05, 3.63) is 84.1 Å². The van der Waals surface area contributed by atoms with Crippen LogP contribution in [0.15, 0.2) is 73.6 Å². The molecule has 0 aliphatic rings. The van der Waals surface area contributed by atoms with Crippen LogP contribution in [0.2, 0.25) is 5.02 Å². The summed E-state index contributed by atoms with van der Waals surface area (Å²) in [6, 6.07) is 6.22. The lowest BCUT2D eigenvalue weighted by Gasteiger charge is -2.20. The molecule has 28 heavy (non-hydrogen) atoms. The molecule has 0 bridgehead atoms. The predicted octanol–water partition coefficient (Wildman–Crippen LogP) is 4.20. The number of amides is 1. The molecule has 1 aromatic rings. The van der Waals surface area contributed by atoms with Gasteiger partial charge in [-0.1, -0.05) is 61.2 Å². The lowest BCUT2D eigenvalue weighted by molar-refractivity contribution is 0.154. The highest BCUT2D eigenvalue weighted by Gasteiger charge is 2.19. The molecule has 6 nitrogen and oxygen atoms in total. The van der Waals surface area contributed by atoms with Gasteiger partial charge in [-0.05, 0) is 30.7 Å². The Morgan fingerprint density at radius 1 is 1.25 bits per heavy atom. The normalized spacial score (nSPS) is 12.3. The quantitative estimate of drug-likeness (QED) is 0.122. The molecular formula is C21H26ClN3O3. The summed E-state index contributed by atoms with van der Waals surface area (Å²) in [5.74, 6) is 0.716. The van der Waals surface area contributed by atoms with Crippen LogP contribution in [0.1, 0.15) is 12.5 Å². The van der Waals surface area contributed by atoms with Gasteiger partial charge in [0.15, 0.2) is 0 Å². The molecule has 0 aliphatic carbocycles. The Labute approximate surface area is 171 Å². The van der Waals surface area contributed by atoms with Crippen molar-refractivity contribution in [1.29, 1.82) is 5.41 Å². The average molecular weight is 404 g/mol. The van der Waals surface area contributed by atoms with E-state index in [2.05, 4.69) is 23.8 Å². The first-order valence-electron chi connectivity index (χ1n) is 8.66. The van der Waals surface area contributed by atoms with Crippen LogP contribution in [0, 0.1) is 5.41 Å². The van der Waals surface area contributed by atoms with E-state index in [0.717, 1.165) is 0 Å². The van der Waals surface area contributed by atoms with Gasteiger partial charge in [0, 0.05) is 11.6 Å². The van der Waals surface area contributed by atoms with Crippen LogP contribution < -0.4 is 10.6 Å². The average Bonchev–Trinajstić information content (AvgIpc) is 2.69. The molecule has 1 unspecified atom stereocenters. The molecular weight excluding hydrogens is 378 g/mol. The van der Waals surface area contributed by atoms with Gasteiger partial charge in [0.2, 0.25) is 0 Å². The van der Waals surface area contributed by atoms with Crippen LogP contribution in [-0.2, 0) is 9.47 Å². The Hall–Kier alpha value is -2.83. The van der Waals surface area contributed by atoms with E-state index in [-0.39, 0.29) is 25.6 Å². The number of nitrogens with one attached hydrogen (secondary N) is 3. The second-order valence-electron chi connectivity index (χ2n) is 5.65. The number of hydrogen-bond donors (Lipinski definition) is 3. The molecule has 150 valence electrons. The van der Waals surface area contributed by atoms with E-state index in [1.807, 2.05) is 19.1 Å². The fourth-order valence-corrected chi connectivity index (χ4v) is 2.19. The Morgan fingerprint density at radius 2 is 1.96 bits per heavy atom. The summed E-state index contributed by atoms with van der Waals surface area (Å²) in [7, 11) is 0. The highest BCUT2D eigenvalue weighted by atomic mass is 35.5. The topological polar surface area (TPSA) is 83.4 Å². The van der Waals surface area contributed by atoms with E-state index in [1.54, 1.807) is 36.4 Å². The van der Waals surface area contributed by atoms with Gasteiger partial charge in [-0.2, -0.15) is 0 Å². The highest BCUT2D eigenvalue weighted by Crippen LogP contribution is 2.11. The molecule has 0 heterocycles. The van der Waals surface area contributed by atoms with Crippen LogP contribution in [0.4, 0.5) is 4.79 Å². The zero-order valence-corrected chi connectivity index (χ0v) is 16.7. The molecule has 0 spiro atoms. The molecule has 0 saturated heterocycles. The van der Waals surface area contributed by atoms with Crippen molar-refractivity contribution in [2.24, 2.45) is 0 Å². The number of carbonyl (C=O) groups excluding carboxylic acids is 1. The van der Waals surface area contributed by atoms with Crippen LogP contribution in [0.5, 0.6) is 0 Å². The maximum absolute atomic E-state index is 11.9. The van der Waals surface area contributed by atoms with E-state index < -0.39 is 12.1 Å². The van der Waals surface area contributed by atoms with Crippen molar-refractivity contribution in [2.75, 3.05) is 19.9 Å². The van der Waals surface area contributed by atoms with Crippen LogP contribution in [0.25, 0.3) is 0 Å². The predicted molar refractivity (Wildman–Crippen MR) is 114 cm³/mol. The molecule has 0 aliphatic heterocycles. The Kier molecular flexibility index (Phi) is 11.1. The smallest absolute Gasteiger partial charge is 0.408 e. The zero-order valence-electron chi connectivity index (χ0n) is 15.9. The number of rotatable bonds is 12. The van der Waals surface area contributed by atoms with E-state index in [1.165, 1.54) is 6.08 Å². The summed E-state index contributed by atoms with van der Waals surface area (Å²) in [6.07, 6.45) is 7.94. The van der Waals surface area contributed by atoms with E-state index >= 15 is 0 Å². The molecule has 1 atom stereocenters. The lowest BCUT2D eigenvalue weighted by atomic mass is 10.0. The summed E-state index contributed by atoms with van der Waals surface area (Å²) in [6.45, 7) is 9.51. The van der Waals surface area contributed by atoms with E-state index in [9.17, 15) is 4.79 Å². The fourth-order valence-electron chi connectivity index (χ4n) is 2.06. The van der Waals surface area contributed by atoms with Gasteiger partial charge < -0.3 is 20.2 Å². The van der Waals surface area contributed by atoms with Gasteiger partial charge in [-0.3, -0.25) is 5.32 Å². The molecule has 7 heteroatoms. The lowest BCUT2D eigenvalue weighted by Crippen LogP contribution is -2.47. The third-order valence-electron chi connectivity index (χ3n) is 3.46. The Bertz CT molecular complexity index is 727. The van der Waals surface area contributed by atoms with E-state index in [4.69, 9.17) is 26.5 Å². The van der Waals surface area contributed by atoms with Crippen molar-refractivity contribution in [1.82, 2.24) is 10.6 Å². The third-order valence-corrected chi connectivity index (χ3v) is 3.71. The second kappa shape index (κ2) is 13.4. The van der Waals surface area contributed by atoms with Crippen molar-refractivity contribution >= 4 is 23.4 Å². The molecule has 1 rings (SSSR count). The summed E-state index contributed by atoms with van der Waals surface area (Å²) in [4.78, 5) is 11.9. The van der Waals surface area contributed by atoms with Gasteiger partial charge in [0.05, 0.1) is 17.5 Å². The van der Waals surface area contributed by atoms with Gasteiger partial charge in [0.1, 0.15) is 13.3 Å². The number of ether oxygens (including phenoxy) is 2. The van der Waals surface area contributed by atoms with Crippen molar-refractivity contribution in [2.45, 2.75) is 13.0 Å². The summed E-state index contributed by atoms with van der Waals surface area (Å²) < 4.78 is 10.5. The maximum Gasteiger partial charge on any atom is 0.408 e. The second-order valence-corrected chi connectivity index (χ2v) is 6.08. The third kappa shape index (κ3) is 9.21. The SMILES string of the molecule is C=C/C=C\C=C(/C)OCNCC(NC(=O)OCC=C)C(=N)c1ccc(Cl)cc1. The summed E-state index contributed by atoms with van der Waals surface area (Å²) in [5.41, 5.74) is 0.868. The number of hydrogen-bond acceptors (Lipinski definition) is 5. The molecule has 0 radical (unpaired) electrons. The number of benzene rings is 1. The first-order chi connectivity index (χ1) is 13.5. The number of carbonyl (C=O) groups is 1. The molecule has 3 N–H and O–H groups in total. The van der Waals surface area contributed by atoms with Crippen molar-refractivity contribution in [3.63, 3.8) is 0 Å². The maximum atomic E-state index is 11.9. The largest absolute Gasteiger partial charge is 0.483 e. The van der Waals surface area contributed by atoms with Gasteiger partial charge in [-0.15, -0.1) is 0 Å². The van der Waals surface area contributed by atoms with Crippen LogP contribution in [-0.4, -0.2) is 37.7 Å². The van der Waals surface area contributed by atoms with Gasteiger partial charge >= 0.3 is 6.09 Å². The first-order valence-corrected chi connectivity index (χ1v) is 9.03. The zero-order chi connectivity index (χ0) is 20.8. The minimum absolute atomic E-state index is 0.0889. The highest BCUT2D eigenvalue weighted by molar-refractivity contribution is 6.30. The standard InChI is InChI=1S/C21H26ClN3O3/c1-4-6-7-8-16(3)28-15-24-14-19(25-21(26)27-13-5-2)20(23)17-9-11-18(22)12-10-17/h4-12,19,23-24H,1-2,13-15H2,3H3,(H,25,26)/b7-6-,16-8+,23-20?. The Balaban J connectivity index is 2.68. The fraction of sp³-hybridized carbons (Fsp3) is 0.238. The first kappa shape index (κ1) is 23.2. The number of allylic oxidation sites excluding steroid dienone is 5. The van der Waals surface area contributed by atoms with Gasteiger partial charge in [0.25, 0.3) is 0 Å². The minimum Gasteiger partial charge on any atom is -0.483 e. The molecule has 0 saturated carbocycles. The summed E-state index contributed by atoms with van der Waals surface area (Å²) in [5, 5.41) is 14.7. The van der Waals surface area contributed by atoms with Crippen LogP contribution in [0.3, 0.4) is 0 Å². The molecule has 1 amide bonds. The molecule has 0 fully saturated rings. The molecule has 1 aromatic carbocycles. The van der Waals surface area contributed by atoms with Crippen molar-refractivity contribution in [3.8, 4) is 0 Å².